The standard InChI is InChI=1S/C11H13N3OS/c1-8(15)16-5-3-2-4-9-6-14-7-10(12)11(9)13/h6-7H,3,5,12H2,1H3,(H2,13,14). The van der Waals surface area contributed by atoms with Crippen molar-refractivity contribution in [1.29, 1.82) is 0 Å². The van der Waals surface area contributed by atoms with Crippen LogP contribution in [0.25, 0.3) is 0 Å². The van der Waals surface area contributed by atoms with Crippen LogP contribution in [0.1, 0.15) is 18.9 Å². The van der Waals surface area contributed by atoms with Crippen LogP contribution in [0.15, 0.2) is 12.4 Å². The zero-order chi connectivity index (χ0) is 12.0. The summed E-state index contributed by atoms with van der Waals surface area (Å²) in [5.41, 5.74) is 12.8. The number of nitrogens with zero attached hydrogens (tertiary/aromatic N) is 1. The van der Waals surface area contributed by atoms with Gasteiger partial charge in [0.1, 0.15) is 0 Å². The molecule has 0 fully saturated rings. The molecule has 0 aliphatic carbocycles. The topological polar surface area (TPSA) is 82.0 Å². The molecule has 0 radical (unpaired) electrons. The molecule has 1 rings (SSSR count). The highest BCUT2D eigenvalue weighted by Crippen LogP contribution is 2.16. The Morgan fingerprint density at radius 1 is 1.50 bits per heavy atom. The molecule has 1 aromatic heterocycles. The van der Waals surface area contributed by atoms with Gasteiger partial charge in [-0.05, 0) is 0 Å². The third kappa shape index (κ3) is 3.83. The second kappa shape index (κ2) is 6.03. The fourth-order valence-corrected chi connectivity index (χ4v) is 1.48. The highest BCUT2D eigenvalue weighted by molar-refractivity contribution is 8.13. The lowest BCUT2D eigenvalue weighted by molar-refractivity contribution is -0.109. The summed E-state index contributed by atoms with van der Waals surface area (Å²) in [7, 11) is 0. The summed E-state index contributed by atoms with van der Waals surface area (Å²) in [6, 6.07) is 0. The molecule has 0 spiro atoms. The minimum atomic E-state index is 0.104. The summed E-state index contributed by atoms with van der Waals surface area (Å²) < 4.78 is 0. The van der Waals surface area contributed by atoms with Crippen molar-refractivity contribution in [3.63, 3.8) is 0 Å². The van der Waals surface area contributed by atoms with Gasteiger partial charge in [0.15, 0.2) is 5.12 Å². The molecule has 0 amide bonds. The van der Waals surface area contributed by atoms with Gasteiger partial charge in [-0.2, -0.15) is 0 Å². The van der Waals surface area contributed by atoms with Crippen LogP contribution < -0.4 is 11.5 Å². The van der Waals surface area contributed by atoms with Gasteiger partial charge in [-0.3, -0.25) is 9.78 Å². The summed E-state index contributed by atoms with van der Waals surface area (Å²) in [5.74, 6) is 6.50. The van der Waals surface area contributed by atoms with Crippen LogP contribution in [0.5, 0.6) is 0 Å². The lowest BCUT2D eigenvalue weighted by Crippen LogP contribution is -1.98. The van der Waals surface area contributed by atoms with E-state index in [0.717, 1.165) is 0 Å². The summed E-state index contributed by atoms with van der Waals surface area (Å²) in [6.45, 7) is 1.54. The number of carbonyl (C=O) groups excluding carboxylic acids is 1. The Kier molecular flexibility index (Phi) is 4.67. The Morgan fingerprint density at radius 2 is 2.25 bits per heavy atom. The Morgan fingerprint density at radius 3 is 2.94 bits per heavy atom. The van der Waals surface area contributed by atoms with Gasteiger partial charge in [0, 0.05) is 25.3 Å². The molecule has 0 saturated heterocycles. The molecule has 1 aromatic rings. The number of anilines is 2. The van der Waals surface area contributed by atoms with Gasteiger partial charge >= 0.3 is 0 Å². The normalized spacial score (nSPS) is 9.31. The molecule has 4 N–H and O–H groups in total. The van der Waals surface area contributed by atoms with Gasteiger partial charge in [-0.1, -0.05) is 23.6 Å². The maximum Gasteiger partial charge on any atom is 0.185 e. The highest BCUT2D eigenvalue weighted by atomic mass is 32.2. The first-order valence-electron chi connectivity index (χ1n) is 4.72. The van der Waals surface area contributed by atoms with Crippen LogP contribution in [0.3, 0.4) is 0 Å². The fourth-order valence-electron chi connectivity index (χ4n) is 0.990. The van der Waals surface area contributed by atoms with E-state index >= 15 is 0 Å². The third-order valence-electron chi connectivity index (χ3n) is 1.77. The molecule has 0 bridgehead atoms. The van der Waals surface area contributed by atoms with Crippen molar-refractivity contribution in [3.8, 4) is 11.8 Å². The number of aromatic nitrogens is 1. The first kappa shape index (κ1) is 12.4. The largest absolute Gasteiger partial charge is 0.396 e. The molecule has 16 heavy (non-hydrogen) atoms. The molecule has 0 aromatic carbocycles. The lowest BCUT2D eigenvalue weighted by atomic mass is 10.2. The molecule has 0 atom stereocenters. The monoisotopic (exact) mass is 235 g/mol. The highest BCUT2D eigenvalue weighted by Gasteiger charge is 1.98. The van der Waals surface area contributed by atoms with Gasteiger partial charge < -0.3 is 11.5 Å². The third-order valence-corrected chi connectivity index (χ3v) is 2.59. The van der Waals surface area contributed by atoms with Crippen LogP contribution in [-0.4, -0.2) is 15.9 Å². The van der Waals surface area contributed by atoms with E-state index in [2.05, 4.69) is 16.8 Å². The molecule has 0 aliphatic rings. The van der Waals surface area contributed by atoms with Crippen molar-refractivity contribution in [2.45, 2.75) is 13.3 Å². The van der Waals surface area contributed by atoms with Crippen LogP contribution >= 0.6 is 11.8 Å². The van der Waals surface area contributed by atoms with E-state index in [1.54, 1.807) is 6.20 Å². The van der Waals surface area contributed by atoms with E-state index in [0.29, 0.717) is 29.1 Å². The number of pyridine rings is 1. The molecule has 84 valence electrons. The van der Waals surface area contributed by atoms with Gasteiger partial charge in [0.25, 0.3) is 0 Å². The zero-order valence-corrected chi connectivity index (χ0v) is 9.80. The number of carbonyl (C=O) groups is 1. The van der Waals surface area contributed by atoms with E-state index in [4.69, 9.17) is 11.5 Å². The van der Waals surface area contributed by atoms with E-state index in [9.17, 15) is 4.79 Å². The second-order valence-electron chi connectivity index (χ2n) is 3.08. The molecule has 0 aliphatic heterocycles. The maximum atomic E-state index is 10.6. The minimum absolute atomic E-state index is 0.104. The smallest absolute Gasteiger partial charge is 0.185 e. The van der Waals surface area contributed by atoms with Gasteiger partial charge in [-0.25, -0.2) is 0 Å². The molecular weight excluding hydrogens is 222 g/mol. The summed E-state index contributed by atoms with van der Waals surface area (Å²) in [5, 5.41) is 0.104. The van der Waals surface area contributed by atoms with Crippen LogP contribution in [-0.2, 0) is 4.79 Å². The second-order valence-corrected chi connectivity index (χ2v) is 4.35. The minimum Gasteiger partial charge on any atom is -0.396 e. The van der Waals surface area contributed by atoms with Crippen molar-refractivity contribution >= 4 is 28.3 Å². The van der Waals surface area contributed by atoms with Crippen LogP contribution in [0.4, 0.5) is 11.4 Å². The molecular formula is C11H13N3OS. The van der Waals surface area contributed by atoms with Gasteiger partial charge in [-0.15, -0.1) is 0 Å². The molecule has 4 nitrogen and oxygen atoms in total. The predicted octanol–water partition coefficient (Wildman–Crippen LogP) is 1.27. The SMILES string of the molecule is CC(=O)SCCC#Cc1cncc(N)c1N. The van der Waals surface area contributed by atoms with Crippen molar-refractivity contribution in [2.24, 2.45) is 0 Å². The molecule has 5 heteroatoms. The summed E-state index contributed by atoms with van der Waals surface area (Å²) in [6.07, 6.45) is 3.71. The van der Waals surface area contributed by atoms with E-state index in [-0.39, 0.29) is 5.12 Å². The van der Waals surface area contributed by atoms with E-state index < -0.39 is 0 Å². The molecule has 1 heterocycles. The Balaban J connectivity index is 2.56. The Bertz CT molecular complexity index is 448. The number of hydrogen-bond donors (Lipinski definition) is 2. The van der Waals surface area contributed by atoms with Gasteiger partial charge in [0.2, 0.25) is 0 Å². The quantitative estimate of drug-likeness (QED) is 0.596. The lowest BCUT2D eigenvalue weighted by Gasteiger charge is -2.00. The number of hydrogen-bond acceptors (Lipinski definition) is 5. The first-order chi connectivity index (χ1) is 7.61. The first-order valence-corrected chi connectivity index (χ1v) is 5.71. The average molecular weight is 235 g/mol. The summed E-state index contributed by atoms with van der Waals surface area (Å²) in [4.78, 5) is 14.5. The van der Waals surface area contributed by atoms with Crippen molar-refractivity contribution < 1.29 is 4.79 Å². The predicted molar refractivity (Wildman–Crippen MR) is 67.7 cm³/mol. The number of thioether (sulfide) groups is 1. The van der Waals surface area contributed by atoms with E-state index in [1.165, 1.54) is 24.9 Å². The van der Waals surface area contributed by atoms with E-state index in [1.807, 2.05) is 0 Å². The zero-order valence-electron chi connectivity index (χ0n) is 8.99. The fraction of sp³-hybridized carbons (Fsp3) is 0.273. The number of nitrogens with two attached hydrogens (primary N) is 2. The van der Waals surface area contributed by atoms with Crippen LogP contribution in [0, 0.1) is 11.8 Å². The number of nitrogen functional groups attached to an aromatic ring is 2. The number of rotatable bonds is 2. The van der Waals surface area contributed by atoms with Crippen molar-refractivity contribution in [2.75, 3.05) is 17.2 Å². The summed E-state index contributed by atoms with van der Waals surface area (Å²) >= 11 is 1.26. The van der Waals surface area contributed by atoms with Crippen molar-refractivity contribution in [3.05, 3.63) is 18.0 Å². The van der Waals surface area contributed by atoms with Crippen LogP contribution in [0.2, 0.25) is 0 Å². The van der Waals surface area contributed by atoms with Gasteiger partial charge in [0.05, 0.1) is 23.1 Å². The average Bonchev–Trinajstić information content (AvgIpc) is 2.23. The molecule has 0 saturated carbocycles. The maximum absolute atomic E-state index is 10.6. The molecule has 0 unspecified atom stereocenters. The Labute approximate surface area is 98.8 Å². The van der Waals surface area contributed by atoms with Crippen molar-refractivity contribution in [1.82, 2.24) is 4.98 Å². The Hall–Kier alpha value is -1.67.